The summed E-state index contributed by atoms with van der Waals surface area (Å²) >= 11 is 0. The van der Waals surface area contributed by atoms with E-state index >= 15 is 0 Å². The number of anilines is 1. The Hall–Kier alpha value is -4.06. The van der Waals surface area contributed by atoms with Crippen molar-refractivity contribution in [2.24, 2.45) is 0 Å². The number of ether oxygens (including phenoxy) is 2. The maximum atomic E-state index is 12.5. The van der Waals surface area contributed by atoms with Crippen LogP contribution in [0.1, 0.15) is 27.9 Å². The summed E-state index contributed by atoms with van der Waals surface area (Å²) < 4.78 is 11.1. The molecule has 4 rings (SSSR count). The molecule has 32 heavy (non-hydrogen) atoms. The molecule has 0 unspecified atom stereocenters. The molecule has 0 saturated carbocycles. The van der Waals surface area contributed by atoms with Crippen LogP contribution >= 0.6 is 0 Å². The fourth-order valence-electron chi connectivity index (χ4n) is 3.47. The number of aryl methyl sites for hydroxylation is 1. The number of para-hydroxylation sites is 1. The number of methoxy groups -OCH3 is 1. The topological polar surface area (TPSA) is 76.7 Å². The quantitative estimate of drug-likeness (QED) is 0.431. The lowest BCUT2D eigenvalue weighted by molar-refractivity contribution is -0.115. The number of hydrogen-bond acceptors (Lipinski definition) is 4. The molecule has 0 spiro atoms. The van der Waals surface area contributed by atoms with Crippen molar-refractivity contribution in [3.63, 3.8) is 0 Å². The molecule has 162 valence electrons. The van der Waals surface area contributed by atoms with Crippen LogP contribution in [0.4, 0.5) is 5.69 Å². The van der Waals surface area contributed by atoms with Crippen LogP contribution in [0.5, 0.6) is 11.5 Å². The van der Waals surface area contributed by atoms with Crippen LogP contribution in [0, 0.1) is 0 Å². The van der Waals surface area contributed by atoms with Crippen LogP contribution in [0.25, 0.3) is 6.08 Å². The first-order chi connectivity index (χ1) is 15.6. The third kappa shape index (κ3) is 4.98. The van der Waals surface area contributed by atoms with E-state index in [1.807, 2.05) is 42.5 Å². The molecule has 0 aromatic heterocycles. The van der Waals surface area contributed by atoms with Crippen molar-refractivity contribution in [1.82, 2.24) is 5.32 Å². The molecule has 3 aromatic carbocycles. The average Bonchev–Trinajstić information content (AvgIpc) is 2.83. The van der Waals surface area contributed by atoms with Gasteiger partial charge < -0.3 is 20.1 Å². The van der Waals surface area contributed by atoms with Gasteiger partial charge in [0.05, 0.1) is 12.8 Å². The second-order valence-corrected chi connectivity index (χ2v) is 7.36. The van der Waals surface area contributed by atoms with Gasteiger partial charge in [0, 0.05) is 17.7 Å². The number of nitrogens with one attached hydrogen (secondary N) is 2. The Morgan fingerprint density at radius 2 is 1.84 bits per heavy atom. The molecule has 0 saturated heterocycles. The SMILES string of the molecule is COc1ccccc1/C=C1\Oc2ccc(C(=O)NCCCc3ccccc3)cc2NC1=O. The Labute approximate surface area is 186 Å². The van der Waals surface area contributed by atoms with Gasteiger partial charge in [-0.2, -0.15) is 0 Å². The summed E-state index contributed by atoms with van der Waals surface area (Å²) in [6.07, 6.45) is 3.37. The third-order valence-electron chi connectivity index (χ3n) is 5.13. The number of carbonyl (C=O) groups excluding carboxylic acids is 2. The third-order valence-corrected chi connectivity index (χ3v) is 5.13. The highest BCUT2D eigenvalue weighted by atomic mass is 16.5. The summed E-state index contributed by atoms with van der Waals surface area (Å²) in [6.45, 7) is 0.569. The molecule has 1 heterocycles. The first-order valence-electron chi connectivity index (χ1n) is 10.4. The smallest absolute Gasteiger partial charge is 0.291 e. The second kappa shape index (κ2) is 9.83. The van der Waals surface area contributed by atoms with Gasteiger partial charge in [-0.25, -0.2) is 0 Å². The predicted octanol–water partition coefficient (Wildman–Crippen LogP) is 4.43. The maximum absolute atomic E-state index is 12.5. The fraction of sp³-hybridized carbons (Fsp3) is 0.154. The Morgan fingerprint density at radius 3 is 2.66 bits per heavy atom. The molecule has 2 amide bonds. The maximum Gasteiger partial charge on any atom is 0.291 e. The largest absolute Gasteiger partial charge is 0.496 e. The van der Waals surface area contributed by atoms with Gasteiger partial charge in [0.15, 0.2) is 11.5 Å². The van der Waals surface area contributed by atoms with Gasteiger partial charge >= 0.3 is 0 Å². The molecule has 1 aliphatic heterocycles. The number of amides is 2. The van der Waals surface area contributed by atoms with Crippen molar-refractivity contribution in [3.05, 3.63) is 95.2 Å². The number of rotatable bonds is 7. The highest BCUT2D eigenvalue weighted by Gasteiger charge is 2.23. The van der Waals surface area contributed by atoms with Crippen molar-refractivity contribution in [3.8, 4) is 11.5 Å². The highest BCUT2D eigenvalue weighted by Crippen LogP contribution is 2.33. The van der Waals surface area contributed by atoms with Gasteiger partial charge in [-0.3, -0.25) is 9.59 Å². The molecule has 3 aromatic rings. The lowest BCUT2D eigenvalue weighted by Gasteiger charge is -2.20. The van der Waals surface area contributed by atoms with Crippen molar-refractivity contribution < 1.29 is 19.1 Å². The minimum absolute atomic E-state index is 0.153. The van der Waals surface area contributed by atoms with Crippen LogP contribution < -0.4 is 20.1 Å². The predicted molar refractivity (Wildman–Crippen MR) is 124 cm³/mol. The minimum atomic E-state index is -0.385. The number of hydrogen-bond donors (Lipinski definition) is 2. The summed E-state index contributed by atoms with van der Waals surface area (Å²) in [7, 11) is 1.57. The van der Waals surface area contributed by atoms with E-state index in [9.17, 15) is 9.59 Å². The van der Waals surface area contributed by atoms with Gasteiger partial charge in [0.1, 0.15) is 5.75 Å². The molecule has 0 atom stereocenters. The van der Waals surface area contributed by atoms with Gasteiger partial charge in [-0.1, -0.05) is 48.5 Å². The molecule has 0 fully saturated rings. The van der Waals surface area contributed by atoms with Gasteiger partial charge in [0.2, 0.25) is 0 Å². The van der Waals surface area contributed by atoms with Gasteiger partial charge in [-0.05, 0) is 48.7 Å². The summed E-state index contributed by atoms with van der Waals surface area (Å²) in [6, 6.07) is 22.5. The Balaban J connectivity index is 1.40. The Kier molecular flexibility index (Phi) is 6.51. The van der Waals surface area contributed by atoms with E-state index < -0.39 is 0 Å². The van der Waals surface area contributed by atoms with Crippen LogP contribution in [-0.4, -0.2) is 25.5 Å². The molecule has 0 bridgehead atoms. The van der Waals surface area contributed by atoms with E-state index in [0.29, 0.717) is 29.3 Å². The molecule has 6 heteroatoms. The van der Waals surface area contributed by atoms with Crippen LogP contribution in [0.15, 0.2) is 78.6 Å². The van der Waals surface area contributed by atoms with Crippen LogP contribution in [0.3, 0.4) is 0 Å². The van der Waals surface area contributed by atoms with Gasteiger partial charge in [0.25, 0.3) is 11.8 Å². The fourth-order valence-corrected chi connectivity index (χ4v) is 3.47. The molecule has 0 aliphatic carbocycles. The molecule has 2 N–H and O–H groups in total. The van der Waals surface area contributed by atoms with E-state index in [2.05, 4.69) is 22.8 Å². The molecule has 1 aliphatic rings. The molecule has 0 radical (unpaired) electrons. The first-order valence-corrected chi connectivity index (χ1v) is 10.4. The number of carbonyl (C=O) groups is 2. The van der Waals surface area contributed by atoms with Crippen molar-refractivity contribution in [2.45, 2.75) is 12.8 Å². The van der Waals surface area contributed by atoms with Gasteiger partial charge in [-0.15, -0.1) is 0 Å². The van der Waals surface area contributed by atoms with Crippen LogP contribution in [0.2, 0.25) is 0 Å². The highest BCUT2D eigenvalue weighted by molar-refractivity contribution is 6.09. The number of fused-ring (bicyclic) bond motifs is 1. The zero-order chi connectivity index (χ0) is 22.3. The van der Waals surface area contributed by atoms with Crippen molar-refractivity contribution in [2.75, 3.05) is 19.0 Å². The first kappa shape index (κ1) is 21.2. The van der Waals surface area contributed by atoms with E-state index in [-0.39, 0.29) is 17.6 Å². The summed E-state index contributed by atoms with van der Waals surface area (Å²) in [4.78, 5) is 25.1. The molecular weight excluding hydrogens is 404 g/mol. The monoisotopic (exact) mass is 428 g/mol. The standard InChI is InChI=1S/C26H24N2O4/c1-31-22-12-6-5-11-19(22)17-24-26(30)28-21-16-20(13-14-23(21)32-24)25(29)27-15-7-10-18-8-3-2-4-9-18/h2-6,8-9,11-14,16-17H,7,10,15H2,1H3,(H,27,29)(H,28,30)/b24-17-. The van der Waals surface area contributed by atoms with E-state index in [1.165, 1.54) is 5.56 Å². The Morgan fingerprint density at radius 1 is 1.06 bits per heavy atom. The second-order valence-electron chi connectivity index (χ2n) is 7.36. The Bertz CT molecular complexity index is 1160. The zero-order valence-electron chi connectivity index (χ0n) is 17.8. The molecular formula is C26H24N2O4. The normalized spacial score (nSPS) is 13.7. The van der Waals surface area contributed by atoms with Crippen molar-refractivity contribution in [1.29, 1.82) is 0 Å². The lowest BCUT2D eigenvalue weighted by Crippen LogP contribution is -2.26. The van der Waals surface area contributed by atoms with Crippen LogP contribution in [-0.2, 0) is 11.2 Å². The van der Waals surface area contributed by atoms with E-state index in [1.54, 1.807) is 31.4 Å². The number of benzene rings is 3. The average molecular weight is 428 g/mol. The summed E-state index contributed by atoms with van der Waals surface area (Å²) in [5.41, 5.74) is 2.90. The minimum Gasteiger partial charge on any atom is -0.496 e. The summed E-state index contributed by atoms with van der Waals surface area (Å²) in [5, 5.41) is 5.72. The summed E-state index contributed by atoms with van der Waals surface area (Å²) in [5.74, 6) is 0.697. The van der Waals surface area contributed by atoms with E-state index in [0.717, 1.165) is 18.4 Å². The molecule has 6 nitrogen and oxygen atoms in total. The van der Waals surface area contributed by atoms with E-state index in [4.69, 9.17) is 9.47 Å². The van der Waals surface area contributed by atoms with Crippen molar-refractivity contribution >= 4 is 23.6 Å². The lowest BCUT2D eigenvalue weighted by atomic mass is 10.1. The zero-order valence-corrected chi connectivity index (χ0v) is 17.8.